The fourth-order valence-corrected chi connectivity index (χ4v) is 1.49. The summed E-state index contributed by atoms with van der Waals surface area (Å²) in [5.41, 5.74) is 7.62. The summed E-state index contributed by atoms with van der Waals surface area (Å²) in [5.74, 6) is 1.13. The lowest BCUT2D eigenvalue weighted by atomic mass is 9.93. The first-order valence-corrected chi connectivity index (χ1v) is 5.58. The molecule has 0 aliphatic heterocycles. The van der Waals surface area contributed by atoms with Crippen LogP contribution in [0.2, 0.25) is 0 Å². The van der Waals surface area contributed by atoms with Crippen molar-refractivity contribution in [2.75, 3.05) is 6.54 Å². The Bertz CT molecular complexity index is 456. The summed E-state index contributed by atoms with van der Waals surface area (Å²) in [5, 5.41) is 8.84. The van der Waals surface area contributed by atoms with Crippen molar-refractivity contribution in [1.82, 2.24) is 19.8 Å². The zero-order valence-electron chi connectivity index (χ0n) is 10.3. The minimum atomic E-state index is 0.0498. The van der Waals surface area contributed by atoms with Crippen LogP contribution in [0.15, 0.2) is 6.07 Å². The molecule has 0 spiro atoms. The maximum atomic E-state index is 5.60. The summed E-state index contributed by atoms with van der Waals surface area (Å²) < 4.78 is 1.65. The maximum absolute atomic E-state index is 5.60. The van der Waals surface area contributed by atoms with E-state index >= 15 is 0 Å². The number of hydrogen-bond acceptors (Lipinski definition) is 3. The summed E-state index contributed by atoms with van der Waals surface area (Å²) in [6.07, 6.45) is 0. The molecule has 1 atom stereocenters. The molecule has 2 aromatic heterocycles. The number of nitrogens with two attached hydrogens (primary N) is 1. The minimum Gasteiger partial charge on any atom is -0.330 e. The van der Waals surface area contributed by atoms with Gasteiger partial charge in [0, 0.05) is 23.9 Å². The quantitative estimate of drug-likeness (QED) is 0.805. The normalized spacial score (nSPS) is 14.6. The smallest absolute Gasteiger partial charge is 0.155 e. The Labute approximate surface area is 95.0 Å². The Balaban J connectivity index is 2.41. The highest BCUT2D eigenvalue weighted by Crippen LogP contribution is 2.22. The number of rotatable bonds is 2. The number of aromatic amines is 1. The van der Waals surface area contributed by atoms with Crippen LogP contribution >= 0.6 is 0 Å². The van der Waals surface area contributed by atoms with Crippen molar-refractivity contribution in [1.29, 1.82) is 0 Å². The van der Waals surface area contributed by atoms with Crippen molar-refractivity contribution in [3.05, 3.63) is 17.6 Å². The van der Waals surface area contributed by atoms with E-state index in [1.165, 1.54) is 0 Å². The molecular weight excluding hydrogens is 202 g/mol. The zero-order chi connectivity index (χ0) is 11.9. The van der Waals surface area contributed by atoms with E-state index in [4.69, 9.17) is 5.73 Å². The third kappa shape index (κ3) is 1.82. The van der Waals surface area contributed by atoms with E-state index in [9.17, 15) is 0 Å². The van der Waals surface area contributed by atoms with Gasteiger partial charge in [0.1, 0.15) is 5.82 Å². The maximum Gasteiger partial charge on any atom is 0.155 e. The molecule has 2 rings (SSSR count). The van der Waals surface area contributed by atoms with E-state index in [-0.39, 0.29) is 11.3 Å². The van der Waals surface area contributed by atoms with Crippen LogP contribution in [0.4, 0.5) is 0 Å². The van der Waals surface area contributed by atoms with Crippen molar-refractivity contribution < 1.29 is 0 Å². The van der Waals surface area contributed by atoms with Crippen molar-refractivity contribution in [2.24, 2.45) is 5.73 Å². The second-order valence-corrected chi connectivity index (χ2v) is 5.30. The first-order valence-electron chi connectivity index (χ1n) is 5.58. The van der Waals surface area contributed by atoms with Gasteiger partial charge >= 0.3 is 0 Å². The number of hydrogen-bond donors (Lipinski definition) is 2. The average Bonchev–Trinajstić information content (AvgIpc) is 2.71. The van der Waals surface area contributed by atoms with Crippen LogP contribution in [0.5, 0.6) is 0 Å². The number of nitrogens with one attached hydrogen (secondary N) is 1. The van der Waals surface area contributed by atoms with E-state index in [1.807, 2.05) is 13.0 Å². The van der Waals surface area contributed by atoms with E-state index < -0.39 is 0 Å². The van der Waals surface area contributed by atoms with Crippen molar-refractivity contribution in [3.8, 4) is 0 Å². The molecule has 0 bridgehead atoms. The Morgan fingerprint density at radius 1 is 1.44 bits per heavy atom. The Hall–Kier alpha value is -1.36. The summed E-state index contributed by atoms with van der Waals surface area (Å²) in [7, 11) is 0. The zero-order valence-corrected chi connectivity index (χ0v) is 10.3. The molecule has 0 saturated heterocycles. The number of fused-ring (bicyclic) bond motifs is 1. The molecule has 3 N–H and O–H groups in total. The molecule has 0 fully saturated rings. The Morgan fingerprint density at radius 2 is 2.12 bits per heavy atom. The fraction of sp³-hybridized carbons (Fsp3) is 0.636. The molecule has 0 saturated carbocycles. The number of aromatic nitrogens is 4. The first-order chi connectivity index (χ1) is 7.41. The molecule has 5 heteroatoms. The van der Waals surface area contributed by atoms with Gasteiger partial charge in [0.05, 0.1) is 5.69 Å². The molecule has 1 unspecified atom stereocenters. The molecule has 0 aromatic carbocycles. The van der Waals surface area contributed by atoms with Gasteiger partial charge in [-0.15, -0.1) is 9.73 Å². The lowest BCUT2D eigenvalue weighted by Gasteiger charge is -2.13. The lowest BCUT2D eigenvalue weighted by Crippen LogP contribution is -2.13. The highest BCUT2D eigenvalue weighted by Gasteiger charge is 2.19. The van der Waals surface area contributed by atoms with Gasteiger partial charge in [0.15, 0.2) is 5.65 Å². The molecule has 88 valence electrons. The molecule has 0 amide bonds. The van der Waals surface area contributed by atoms with E-state index in [0.717, 1.165) is 17.2 Å². The molecule has 0 radical (unpaired) electrons. The summed E-state index contributed by atoms with van der Waals surface area (Å²) >= 11 is 0. The molecule has 0 aliphatic rings. The minimum absolute atomic E-state index is 0.0498. The Kier molecular flexibility index (Phi) is 2.50. The van der Waals surface area contributed by atoms with Gasteiger partial charge in [0.2, 0.25) is 0 Å². The standard InChI is InChI=1S/C11H19N5/c1-7(6-12)10-13-9-5-8(11(2,3)4)14-16(9)15-10/h5,7H,6,12H2,1-4H3,(H,13,15). The number of nitrogens with zero attached hydrogens (tertiary/aromatic N) is 3. The van der Waals surface area contributed by atoms with Crippen LogP contribution < -0.4 is 5.73 Å². The summed E-state index contributed by atoms with van der Waals surface area (Å²) in [6, 6.07) is 2.04. The predicted octanol–water partition coefficient (Wildman–Crippen LogP) is 1.42. The predicted molar refractivity (Wildman–Crippen MR) is 63.5 cm³/mol. The number of H-pyrrole nitrogens is 1. The van der Waals surface area contributed by atoms with Gasteiger partial charge in [0.25, 0.3) is 0 Å². The highest BCUT2D eigenvalue weighted by molar-refractivity contribution is 5.40. The van der Waals surface area contributed by atoms with Gasteiger partial charge in [-0.3, -0.25) is 0 Å². The monoisotopic (exact) mass is 221 g/mol. The van der Waals surface area contributed by atoms with Crippen LogP contribution in [0.3, 0.4) is 0 Å². The second-order valence-electron chi connectivity index (χ2n) is 5.30. The highest BCUT2D eigenvalue weighted by atomic mass is 15.5. The van der Waals surface area contributed by atoms with Crippen molar-refractivity contribution >= 4 is 5.65 Å². The molecule has 5 nitrogen and oxygen atoms in total. The topological polar surface area (TPSA) is 72.0 Å². The van der Waals surface area contributed by atoms with Gasteiger partial charge in [-0.1, -0.05) is 27.7 Å². The van der Waals surface area contributed by atoms with Gasteiger partial charge in [-0.2, -0.15) is 5.10 Å². The largest absolute Gasteiger partial charge is 0.330 e. The van der Waals surface area contributed by atoms with Crippen LogP contribution in [0, 0.1) is 0 Å². The van der Waals surface area contributed by atoms with Crippen molar-refractivity contribution in [2.45, 2.75) is 39.0 Å². The van der Waals surface area contributed by atoms with Crippen LogP contribution in [0.1, 0.15) is 45.1 Å². The molecule has 2 aromatic rings. The SMILES string of the molecule is CC(CN)c1nn2nc(C(C)(C)C)cc2[nH]1. The van der Waals surface area contributed by atoms with E-state index in [2.05, 4.69) is 36.0 Å². The van der Waals surface area contributed by atoms with E-state index in [1.54, 1.807) is 4.63 Å². The van der Waals surface area contributed by atoms with Gasteiger partial charge < -0.3 is 10.7 Å². The second kappa shape index (κ2) is 3.59. The van der Waals surface area contributed by atoms with Crippen LogP contribution in [0.25, 0.3) is 5.65 Å². The average molecular weight is 221 g/mol. The molecule has 16 heavy (non-hydrogen) atoms. The molecule has 0 aliphatic carbocycles. The van der Waals surface area contributed by atoms with Crippen LogP contribution in [-0.2, 0) is 5.41 Å². The third-order valence-corrected chi connectivity index (χ3v) is 2.74. The van der Waals surface area contributed by atoms with Gasteiger partial charge in [-0.25, -0.2) is 0 Å². The van der Waals surface area contributed by atoms with E-state index in [0.29, 0.717) is 6.54 Å². The van der Waals surface area contributed by atoms with Gasteiger partial charge in [-0.05, 0) is 0 Å². The third-order valence-electron chi connectivity index (χ3n) is 2.74. The summed E-state index contributed by atoms with van der Waals surface area (Å²) in [4.78, 5) is 3.25. The molecule has 2 heterocycles. The van der Waals surface area contributed by atoms with Crippen molar-refractivity contribution in [3.63, 3.8) is 0 Å². The fourth-order valence-electron chi connectivity index (χ4n) is 1.49. The Morgan fingerprint density at radius 3 is 2.62 bits per heavy atom. The summed E-state index contributed by atoms with van der Waals surface area (Å²) in [6.45, 7) is 9.04. The lowest BCUT2D eigenvalue weighted by molar-refractivity contribution is 0.554. The van der Waals surface area contributed by atoms with Crippen LogP contribution in [-0.4, -0.2) is 26.4 Å². The first kappa shape index (κ1) is 11.1. The molecular formula is C11H19N5.